The minimum Gasteiger partial charge on any atom is -0.494 e. The average Bonchev–Trinajstić information content (AvgIpc) is 2.19. The van der Waals surface area contributed by atoms with Crippen LogP contribution in [-0.2, 0) is 11.2 Å². The maximum absolute atomic E-state index is 5.80. The van der Waals surface area contributed by atoms with Crippen molar-refractivity contribution in [2.24, 2.45) is 0 Å². The molecule has 0 aliphatic carbocycles. The van der Waals surface area contributed by atoms with Crippen LogP contribution in [-0.4, -0.2) is 6.61 Å². The first-order valence-electron chi connectivity index (χ1n) is 4.89. The second kappa shape index (κ2) is 4.70. The second-order valence-corrected chi connectivity index (χ2v) is 3.12. The standard InChI is InChI=1S/C12H17NO/c1-4-10-8-11(6-7-12(10)13)9(3)14-5-2/h6-8H,3-5,13H2,1-2H3. The van der Waals surface area contributed by atoms with Crippen LogP contribution >= 0.6 is 0 Å². The maximum atomic E-state index is 5.80. The highest BCUT2D eigenvalue weighted by Crippen LogP contribution is 2.20. The number of aryl methyl sites for hydroxylation is 1. The van der Waals surface area contributed by atoms with Crippen LogP contribution in [0.4, 0.5) is 5.69 Å². The molecule has 0 fully saturated rings. The Morgan fingerprint density at radius 2 is 2.14 bits per heavy atom. The molecule has 0 amide bonds. The molecule has 0 aromatic heterocycles. The van der Waals surface area contributed by atoms with Crippen LogP contribution in [0, 0.1) is 0 Å². The number of nitrogen functional groups attached to an aromatic ring is 1. The molecular weight excluding hydrogens is 174 g/mol. The Bertz CT molecular complexity index is 331. The van der Waals surface area contributed by atoms with Crippen LogP contribution in [0.5, 0.6) is 0 Å². The third-order valence-corrected chi connectivity index (χ3v) is 2.16. The summed E-state index contributed by atoms with van der Waals surface area (Å²) >= 11 is 0. The summed E-state index contributed by atoms with van der Waals surface area (Å²) in [7, 11) is 0. The van der Waals surface area contributed by atoms with Crippen molar-refractivity contribution in [1.29, 1.82) is 0 Å². The molecule has 0 bridgehead atoms. The van der Waals surface area contributed by atoms with Crippen LogP contribution in [0.15, 0.2) is 24.8 Å². The first-order valence-corrected chi connectivity index (χ1v) is 4.89. The molecular formula is C12H17NO. The van der Waals surface area contributed by atoms with E-state index in [4.69, 9.17) is 10.5 Å². The maximum Gasteiger partial charge on any atom is 0.119 e. The van der Waals surface area contributed by atoms with Gasteiger partial charge in [0.1, 0.15) is 5.76 Å². The molecule has 0 spiro atoms. The van der Waals surface area contributed by atoms with Gasteiger partial charge in [0.2, 0.25) is 0 Å². The van der Waals surface area contributed by atoms with E-state index in [0.717, 1.165) is 23.2 Å². The summed E-state index contributed by atoms with van der Waals surface area (Å²) < 4.78 is 5.33. The van der Waals surface area contributed by atoms with Gasteiger partial charge in [-0.2, -0.15) is 0 Å². The molecule has 2 heteroatoms. The molecule has 0 atom stereocenters. The quantitative estimate of drug-likeness (QED) is 0.586. The predicted octanol–water partition coefficient (Wildman–Crippen LogP) is 2.84. The van der Waals surface area contributed by atoms with Gasteiger partial charge in [-0.1, -0.05) is 13.5 Å². The third kappa shape index (κ3) is 2.28. The topological polar surface area (TPSA) is 35.2 Å². The third-order valence-electron chi connectivity index (χ3n) is 2.16. The lowest BCUT2D eigenvalue weighted by Gasteiger charge is -2.09. The summed E-state index contributed by atoms with van der Waals surface area (Å²) in [5.74, 6) is 0.710. The number of hydrogen-bond acceptors (Lipinski definition) is 2. The van der Waals surface area contributed by atoms with Gasteiger partial charge in [-0.05, 0) is 37.1 Å². The molecule has 14 heavy (non-hydrogen) atoms. The van der Waals surface area contributed by atoms with E-state index in [1.54, 1.807) is 0 Å². The Hall–Kier alpha value is -1.44. The smallest absolute Gasteiger partial charge is 0.119 e. The zero-order valence-corrected chi connectivity index (χ0v) is 8.84. The molecule has 0 unspecified atom stereocenters. The van der Waals surface area contributed by atoms with Crippen molar-refractivity contribution in [3.8, 4) is 0 Å². The van der Waals surface area contributed by atoms with Crippen molar-refractivity contribution in [2.45, 2.75) is 20.3 Å². The van der Waals surface area contributed by atoms with Crippen molar-refractivity contribution >= 4 is 11.4 Å². The van der Waals surface area contributed by atoms with Crippen molar-refractivity contribution in [2.75, 3.05) is 12.3 Å². The van der Waals surface area contributed by atoms with Crippen LogP contribution < -0.4 is 5.73 Å². The zero-order chi connectivity index (χ0) is 10.6. The number of benzene rings is 1. The fourth-order valence-electron chi connectivity index (χ4n) is 1.34. The number of anilines is 1. The molecule has 0 radical (unpaired) electrons. The van der Waals surface area contributed by atoms with E-state index in [1.807, 2.05) is 25.1 Å². The van der Waals surface area contributed by atoms with E-state index in [2.05, 4.69) is 13.5 Å². The van der Waals surface area contributed by atoms with Gasteiger partial charge in [0.15, 0.2) is 0 Å². The zero-order valence-electron chi connectivity index (χ0n) is 8.84. The van der Waals surface area contributed by atoms with E-state index in [9.17, 15) is 0 Å². The van der Waals surface area contributed by atoms with Gasteiger partial charge in [0.05, 0.1) is 6.61 Å². The van der Waals surface area contributed by atoms with Crippen LogP contribution in [0.2, 0.25) is 0 Å². The number of rotatable bonds is 4. The van der Waals surface area contributed by atoms with E-state index < -0.39 is 0 Å². The second-order valence-electron chi connectivity index (χ2n) is 3.12. The number of nitrogens with two attached hydrogens (primary N) is 1. The van der Waals surface area contributed by atoms with Gasteiger partial charge >= 0.3 is 0 Å². The molecule has 76 valence electrons. The van der Waals surface area contributed by atoms with E-state index in [1.165, 1.54) is 0 Å². The molecule has 1 rings (SSSR count). The number of hydrogen-bond donors (Lipinski definition) is 1. The summed E-state index contributed by atoms with van der Waals surface area (Å²) in [6, 6.07) is 5.87. The first-order chi connectivity index (χ1) is 6.69. The molecule has 1 aromatic carbocycles. The van der Waals surface area contributed by atoms with Crippen LogP contribution in [0.25, 0.3) is 5.76 Å². The Morgan fingerprint density at radius 1 is 1.43 bits per heavy atom. The Balaban J connectivity index is 2.94. The van der Waals surface area contributed by atoms with Crippen molar-refractivity contribution in [3.05, 3.63) is 35.9 Å². The summed E-state index contributed by atoms with van der Waals surface area (Å²) in [6.45, 7) is 8.53. The van der Waals surface area contributed by atoms with Crippen molar-refractivity contribution in [3.63, 3.8) is 0 Å². The normalized spacial score (nSPS) is 9.86. The molecule has 0 aliphatic rings. The van der Waals surface area contributed by atoms with Gasteiger partial charge in [-0.25, -0.2) is 0 Å². The molecule has 0 heterocycles. The monoisotopic (exact) mass is 191 g/mol. The van der Waals surface area contributed by atoms with Crippen molar-refractivity contribution < 1.29 is 4.74 Å². The lowest BCUT2D eigenvalue weighted by molar-refractivity contribution is 0.299. The molecule has 2 nitrogen and oxygen atoms in total. The van der Waals surface area contributed by atoms with Gasteiger partial charge in [0, 0.05) is 11.3 Å². The highest BCUT2D eigenvalue weighted by atomic mass is 16.5. The van der Waals surface area contributed by atoms with E-state index in [-0.39, 0.29) is 0 Å². The summed E-state index contributed by atoms with van der Waals surface area (Å²) in [5.41, 5.74) is 8.79. The van der Waals surface area contributed by atoms with E-state index in [0.29, 0.717) is 12.4 Å². The molecule has 0 saturated heterocycles. The minimum absolute atomic E-state index is 0.644. The highest BCUT2D eigenvalue weighted by Gasteiger charge is 2.02. The number of ether oxygens (including phenoxy) is 1. The lowest BCUT2D eigenvalue weighted by atomic mass is 10.1. The van der Waals surface area contributed by atoms with Crippen LogP contribution in [0.1, 0.15) is 25.0 Å². The summed E-state index contributed by atoms with van der Waals surface area (Å²) in [5, 5.41) is 0. The Labute approximate surface area is 85.4 Å². The van der Waals surface area contributed by atoms with Gasteiger partial charge in [-0.15, -0.1) is 0 Å². The molecule has 0 saturated carbocycles. The fraction of sp³-hybridized carbons (Fsp3) is 0.333. The predicted molar refractivity (Wildman–Crippen MR) is 60.9 cm³/mol. The summed E-state index contributed by atoms with van der Waals surface area (Å²) in [4.78, 5) is 0. The average molecular weight is 191 g/mol. The van der Waals surface area contributed by atoms with Gasteiger partial charge in [0.25, 0.3) is 0 Å². The highest BCUT2D eigenvalue weighted by molar-refractivity contribution is 5.62. The minimum atomic E-state index is 0.644. The Kier molecular flexibility index (Phi) is 3.57. The Morgan fingerprint density at radius 3 is 2.71 bits per heavy atom. The van der Waals surface area contributed by atoms with Crippen LogP contribution in [0.3, 0.4) is 0 Å². The van der Waals surface area contributed by atoms with Crippen molar-refractivity contribution in [1.82, 2.24) is 0 Å². The summed E-state index contributed by atoms with van der Waals surface area (Å²) in [6.07, 6.45) is 0.930. The first kappa shape index (κ1) is 10.6. The SMILES string of the molecule is C=C(OCC)c1ccc(N)c(CC)c1. The molecule has 0 aliphatic heterocycles. The largest absolute Gasteiger partial charge is 0.494 e. The molecule has 2 N–H and O–H groups in total. The van der Waals surface area contributed by atoms with Gasteiger partial charge < -0.3 is 10.5 Å². The lowest BCUT2D eigenvalue weighted by Crippen LogP contribution is -1.96. The molecule has 1 aromatic rings. The fourth-order valence-corrected chi connectivity index (χ4v) is 1.34. The van der Waals surface area contributed by atoms with E-state index >= 15 is 0 Å². The van der Waals surface area contributed by atoms with Gasteiger partial charge in [-0.3, -0.25) is 0 Å².